The van der Waals surface area contributed by atoms with Crippen LogP contribution in [0.1, 0.15) is 50.8 Å². The first kappa shape index (κ1) is 24.6. The summed E-state index contributed by atoms with van der Waals surface area (Å²) in [5.74, 6) is 1.05. The van der Waals surface area contributed by atoms with Gasteiger partial charge in [0.1, 0.15) is 6.61 Å². The molecule has 1 aliphatic carbocycles. The van der Waals surface area contributed by atoms with Gasteiger partial charge in [-0.1, -0.05) is 62.4 Å². The summed E-state index contributed by atoms with van der Waals surface area (Å²) in [6, 6.07) is 22.7. The molecule has 1 N–H and O–H groups in total. The summed E-state index contributed by atoms with van der Waals surface area (Å²) in [6.07, 6.45) is 1.13. The molecule has 2 aliphatic rings. The molecular weight excluding hydrogens is 464 g/mol. The Kier molecular flexibility index (Phi) is 6.50. The van der Waals surface area contributed by atoms with Gasteiger partial charge in [0.15, 0.2) is 17.3 Å². The van der Waals surface area contributed by atoms with E-state index in [-0.39, 0.29) is 17.1 Å². The quantitative estimate of drug-likeness (QED) is 0.440. The number of para-hydroxylation sites is 2. The minimum absolute atomic E-state index is 0.0474. The summed E-state index contributed by atoms with van der Waals surface area (Å²) in [5.41, 5.74) is 4.71. The van der Waals surface area contributed by atoms with Crippen LogP contribution < -0.4 is 19.7 Å². The fourth-order valence-electron chi connectivity index (χ4n) is 5.36. The van der Waals surface area contributed by atoms with E-state index in [1.807, 2.05) is 72.8 Å². The topological polar surface area (TPSA) is 67.9 Å². The molecule has 3 aromatic carbocycles. The number of benzene rings is 3. The number of Topliss-reactive ketones (excluding diaryl/α,β-unsaturated/α-hetero) is 1. The number of hydrogen-bond acceptors (Lipinski definition) is 5. The minimum atomic E-state index is -0.593. The molecular formula is C31H32N2O4. The van der Waals surface area contributed by atoms with Crippen LogP contribution in [0.3, 0.4) is 0 Å². The fourth-order valence-corrected chi connectivity index (χ4v) is 5.36. The second-order valence-electron chi connectivity index (χ2n) is 10.5. The van der Waals surface area contributed by atoms with Crippen molar-refractivity contribution >= 4 is 23.1 Å². The highest BCUT2D eigenvalue weighted by atomic mass is 16.5. The Balaban J connectivity index is 1.62. The van der Waals surface area contributed by atoms with Crippen molar-refractivity contribution in [1.82, 2.24) is 0 Å². The third-order valence-corrected chi connectivity index (χ3v) is 6.98. The third kappa shape index (κ3) is 4.84. The van der Waals surface area contributed by atoms with Gasteiger partial charge in [-0.3, -0.25) is 14.5 Å². The zero-order chi connectivity index (χ0) is 26.2. The van der Waals surface area contributed by atoms with E-state index in [2.05, 4.69) is 19.2 Å². The van der Waals surface area contributed by atoms with Gasteiger partial charge in [0.05, 0.1) is 24.5 Å². The van der Waals surface area contributed by atoms with Gasteiger partial charge < -0.3 is 14.8 Å². The van der Waals surface area contributed by atoms with Gasteiger partial charge >= 0.3 is 0 Å². The number of amides is 1. The minimum Gasteiger partial charge on any atom is -0.493 e. The number of anilines is 2. The maximum atomic E-state index is 13.7. The zero-order valence-corrected chi connectivity index (χ0v) is 21.7. The predicted molar refractivity (Wildman–Crippen MR) is 145 cm³/mol. The van der Waals surface area contributed by atoms with Crippen LogP contribution in [0.4, 0.5) is 11.4 Å². The molecule has 1 heterocycles. The maximum absolute atomic E-state index is 13.7. The summed E-state index contributed by atoms with van der Waals surface area (Å²) < 4.78 is 11.8. The predicted octanol–water partition coefficient (Wildman–Crippen LogP) is 6.44. The van der Waals surface area contributed by atoms with Crippen molar-refractivity contribution in [3.05, 3.63) is 95.2 Å². The van der Waals surface area contributed by atoms with Crippen LogP contribution >= 0.6 is 0 Å². The van der Waals surface area contributed by atoms with Crippen LogP contribution in [-0.2, 0) is 16.2 Å². The molecule has 6 nitrogen and oxygen atoms in total. The molecule has 1 atom stereocenters. The van der Waals surface area contributed by atoms with Crippen LogP contribution in [0.25, 0.3) is 0 Å². The highest BCUT2D eigenvalue weighted by Gasteiger charge is 2.42. The number of carbonyl (C=O) groups is 2. The lowest BCUT2D eigenvalue weighted by Crippen LogP contribution is -2.38. The van der Waals surface area contributed by atoms with Gasteiger partial charge in [-0.05, 0) is 47.2 Å². The van der Waals surface area contributed by atoms with Gasteiger partial charge in [-0.2, -0.15) is 0 Å². The molecule has 0 aromatic heterocycles. The Bertz CT molecular complexity index is 1380. The average Bonchev–Trinajstić information content (AvgIpc) is 3.01. The van der Waals surface area contributed by atoms with Gasteiger partial charge in [-0.25, -0.2) is 0 Å². The van der Waals surface area contributed by atoms with E-state index >= 15 is 0 Å². The molecule has 37 heavy (non-hydrogen) atoms. The lowest BCUT2D eigenvalue weighted by molar-refractivity contribution is -0.118. The van der Waals surface area contributed by atoms with Crippen LogP contribution in [0.15, 0.2) is 84.1 Å². The van der Waals surface area contributed by atoms with Crippen molar-refractivity contribution in [1.29, 1.82) is 0 Å². The van der Waals surface area contributed by atoms with Crippen molar-refractivity contribution in [2.75, 3.05) is 17.3 Å². The molecule has 0 saturated carbocycles. The number of nitrogens with zero attached hydrogens (tertiary/aromatic N) is 1. The van der Waals surface area contributed by atoms with E-state index in [0.717, 1.165) is 28.2 Å². The number of ether oxygens (including phenoxy) is 2. The molecule has 190 valence electrons. The van der Waals surface area contributed by atoms with Crippen molar-refractivity contribution in [2.24, 2.45) is 5.41 Å². The highest BCUT2D eigenvalue weighted by molar-refractivity contribution is 6.05. The Morgan fingerprint density at radius 1 is 1.00 bits per heavy atom. The Morgan fingerprint density at radius 2 is 1.73 bits per heavy atom. The van der Waals surface area contributed by atoms with Crippen LogP contribution in [-0.4, -0.2) is 18.8 Å². The zero-order valence-electron chi connectivity index (χ0n) is 21.7. The van der Waals surface area contributed by atoms with Gasteiger partial charge in [-0.15, -0.1) is 0 Å². The molecule has 3 aromatic rings. The SMILES string of the molecule is COc1cc([C@H]2C3=C(CC(C)(C)CC3=O)Nc3ccccc3N2C(C)=O)ccc1OCc1ccccc1. The first-order chi connectivity index (χ1) is 17.8. The number of nitrogens with one attached hydrogen (secondary N) is 1. The number of ketones is 1. The van der Waals surface area contributed by atoms with E-state index in [1.165, 1.54) is 0 Å². The molecule has 0 bridgehead atoms. The number of hydrogen-bond donors (Lipinski definition) is 1. The second kappa shape index (κ2) is 9.77. The average molecular weight is 497 g/mol. The summed E-state index contributed by atoms with van der Waals surface area (Å²) in [7, 11) is 1.60. The van der Waals surface area contributed by atoms with Crippen molar-refractivity contribution in [3.8, 4) is 11.5 Å². The van der Waals surface area contributed by atoms with Gasteiger partial charge in [0, 0.05) is 24.6 Å². The monoisotopic (exact) mass is 496 g/mol. The largest absolute Gasteiger partial charge is 0.493 e. The normalized spacial score (nSPS) is 18.3. The van der Waals surface area contributed by atoms with Gasteiger partial charge in [0.25, 0.3) is 0 Å². The van der Waals surface area contributed by atoms with E-state index in [1.54, 1.807) is 18.9 Å². The first-order valence-corrected chi connectivity index (χ1v) is 12.5. The number of rotatable bonds is 5. The highest BCUT2D eigenvalue weighted by Crippen LogP contribution is 2.49. The third-order valence-electron chi connectivity index (χ3n) is 6.98. The molecule has 0 saturated heterocycles. The van der Waals surface area contributed by atoms with Gasteiger partial charge in [0.2, 0.25) is 5.91 Å². The van der Waals surface area contributed by atoms with E-state index < -0.39 is 6.04 Å². The Morgan fingerprint density at radius 3 is 2.46 bits per heavy atom. The Hall–Kier alpha value is -4.06. The second-order valence-corrected chi connectivity index (χ2v) is 10.5. The maximum Gasteiger partial charge on any atom is 0.224 e. The number of methoxy groups -OCH3 is 1. The van der Waals surface area contributed by atoms with Crippen molar-refractivity contribution < 1.29 is 19.1 Å². The van der Waals surface area contributed by atoms with Crippen molar-refractivity contribution in [3.63, 3.8) is 0 Å². The van der Waals surface area contributed by atoms with E-state index in [9.17, 15) is 9.59 Å². The molecule has 5 rings (SSSR count). The molecule has 1 amide bonds. The molecule has 0 spiro atoms. The molecule has 6 heteroatoms. The fraction of sp³-hybridized carbons (Fsp3) is 0.290. The number of allylic oxidation sites excluding steroid dienone is 1. The van der Waals surface area contributed by atoms with E-state index in [0.29, 0.717) is 36.5 Å². The molecule has 1 aliphatic heterocycles. The Labute approximate surface area is 217 Å². The summed E-state index contributed by atoms with van der Waals surface area (Å²) in [6.45, 7) is 6.15. The van der Waals surface area contributed by atoms with Crippen molar-refractivity contribution in [2.45, 2.75) is 46.3 Å². The lowest BCUT2D eigenvalue weighted by atomic mass is 9.73. The summed E-state index contributed by atoms with van der Waals surface area (Å²) >= 11 is 0. The van der Waals surface area contributed by atoms with E-state index in [4.69, 9.17) is 9.47 Å². The number of carbonyl (C=O) groups excluding carboxylic acids is 2. The standard InChI is InChI=1S/C31H32N2O4/c1-20(34)33-25-13-9-8-12-23(25)32-24-17-31(2,3)18-26(35)29(24)30(33)22-14-15-27(28(16-22)36-4)37-19-21-10-6-5-7-11-21/h5-16,30,32H,17-19H2,1-4H3/t30-/m0/s1. The molecule has 0 radical (unpaired) electrons. The van der Waals surface area contributed by atoms with Crippen LogP contribution in [0, 0.1) is 5.41 Å². The molecule has 0 unspecified atom stereocenters. The molecule has 0 fully saturated rings. The smallest absolute Gasteiger partial charge is 0.224 e. The summed E-state index contributed by atoms with van der Waals surface area (Å²) in [5, 5.41) is 3.52. The first-order valence-electron chi connectivity index (χ1n) is 12.5. The lowest BCUT2D eigenvalue weighted by Gasteiger charge is -2.37. The number of fused-ring (bicyclic) bond motifs is 1. The van der Waals surface area contributed by atoms with Crippen LogP contribution in [0.2, 0.25) is 0 Å². The summed E-state index contributed by atoms with van der Waals surface area (Å²) in [4.78, 5) is 28.6. The van der Waals surface area contributed by atoms with Crippen LogP contribution in [0.5, 0.6) is 11.5 Å².